The van der Waals surface area contributed by atoms with Crippen LogP contribution in [0.1, 0.15) is 20.7 Å². The van der Waals surface area contributed by atoms with Crippen molar-refractivity contribution in [3.8, 4) is 0 Å². The van der Waals surface area contributed by atoms with Crippen molar-refractivity contribution in [3.05, 3.63) is 35.4 Å². The van der Waals surface area contributed by atoms with E-state index in [2.05, 4.69) is 0 Å². The topological polar surface area (TPSA) is 71.5 Å². The maximum absolute atomic E-state index is 11.9. The molecule has 0 saturated carbocycles. The lowest BCUT2D eigenvalue weighted by atomic mass is 10.1. The van der Waals surface area contributed by atoms with E-state index < -0.39 is 25.0 Å². The third kappa shape index (κ3) is 1.80. The van der Waals surface area contributed by atoms with Gasteiger partial charge in [0, 0.05) is 0 Å². The Balaban J connectivity index is 2.61. The summed E-state index contributed by atoms with van der Waals surface area (Å²) in [6, 6.07) is 5.64. The number of alkyl halides is 3. The number of amides is 2. The summed E-state index contributed by atoms with van der Waals surface area (Å²) in [4.78, 5) is 23.7. The number of hydrogen-bond donors (Lipinski definition) is 0. The van der Waals surface area contributed by atoms with Crippen LogP contribution in [-0.2, 0) is 10.0 Å². The van der Waals surface area contributed by atoms with Gasteiger partial charge in [0.05, 0.1) is 11.1 Å². The number of carbonyl (C=O) groups is 2. The minimum absolute atomic E-state index is 0.0231. The van der Waals surface area contributed by atoms with Crippen molar-refractivity contribution in [2.75, 3.05) is 0 Å². The third-order valence-electron chi connectivity index (χ3n) is 2.29. The summed E-state index contributed by atoms with van der Waals surface area (Å²) in [6.45, 7) is 0. The number of carbonyl (C=O) groups excluding carboxylic acids is 2. The van der Waals surface area contributed by atoms with Crippen LogP contribution in [0.4, 0.5) is 0 Å². The molecule has 1 aliphatic rings. The molecular formula is C9H4Cl3NO4S. The summed E-state index contributed by atoms with van der Waals surface area (Å²) in [5.41, 5.74) is -0.0827. The SMILES string of the molecule is O=C1c2ccccc2C(=O)N1S(=O)(=O)C(Cl)(Cl)Cl. The average molecular weight is 329 g/mol. The Morgan fingerprint density at radius 3 is 1.67 bits per heavy atom. The highest BCUT2D eigenvalue weighted by Crippen LogP contribution is 2.38. The summed E-state index contributed by atoms with van der Waals surface area (Å²) >= 11 is 15.8. The smallest absolute Gasteiger partial charge is 0.267 e. The first-order valence-corrected chi connectivity index (χ1v) is 7.04. The molecule has 5 nitrogen and oxygen atoms in total. The molecule has 0 radical (unpaired) electrons. The minimum Gasteiger partial charge on any atom is -0.267 e. The zero-order chi connectivity index (χ0) is 13.7. The van der Waals surface area contributed by atoms with Crippen LogP contribution in [0.5, 0.6) is 0 Å². The summed E-state index contributed by atoms with van der Waals surface area (Å²) in [5, 5.41) is 0. The van der Waals surface area contributed by atoms with Crippen molar-refractivity contribution in [1.82, 2.24) is 4.31 Å². The lowest BCUT2D eigenvalue weighted by Crippen LogP contribution is -2.42. The molecule has 0 atom stereocenters. The average Bonchev–Trinajstić information content (AvgIpc) is 2.51. The zero-order valence-electron chi connectivity index (χ0n) is 8.43. The predicted molar refractivity (Wildman–Crippen MR) is 66.2 cm³/mol. The first-order chi connectivity index (χ1) is 8.18. The maximum atomic E-state index is 11.9. The van der Waals surface area contributed by atoms with Gasteiger partial charge in [-0.3, -0.25) is 9.59 Å². The molecule has 0 saturated heterocycles. The van der Waals surface area contributed by atoms with E-state index in [1.54, 1.807) is 0 Å². The van der Waals surface area contributed by atoms with E-state index >= 15 is 0 Å². The Hall–Kier alpha value is -0.820. The Labute approximate surface area is 117 Å². The number of halogens is 3. The Bertz CT molecular complexity index is 615. The van der Waals surface area contributed by atoms with E-state index in [1.165, 1.54) is 24.3 Å². The van der Waals surface area contributed by atoms with Gasteiger partial charge in [0.2, 0.25) is 0 Å². The second-order valence-electron chi connectivity index (χ2n) is 3.37. The van der Waals surface area contributed by atoms with Crippen molar-refractivity contribution in [2.45, 2.75) is 3.12 Å². The van der Waals surface area contributed by atoms with Crippen LogP contribution >= 0.6 is 34.8 Å². The first-order valence-electron chi connectivity index (χ1n) is 4.47. The van der Waals surface area contributed by atoms with Crippen molar-refractivity contribution in [2.24, 2.45) is 0 Å². The van der Waals surface area contributed by atoms with Gasteiger partial charge in [0.25, 0.3) is 21.8 Å². The van der Waals surface area contributed by atoms with Crippen LogP contribution in [-0.4, -0.2) is 27.7 Å². The second-order valence-corrected chi connectivity index (χ2v) is 8.25. The first kappa shape index (κ1) is 13.6. The van der Waals surface area contributed by atoms with E-state index in [-0.39, 0.29) is 15.4 Å². The minimum atomic E-state index is -4.71. The van der Waals surface area contributed by atoms with Gasteiger partial charge >= 0.3 is 3.12 Å². The highest BCUT2D eigenvalue weighted by molar-refractivity contribution is 7.96. The van der Waals surface area contributed by atoms with Gasteiger partial charge < -0.3 is 0 Å². The van der Waals surface area contributed by atoms with Crippen LogP contribution in [0.25, 0.3) is 0 Å². The summed E-state index contributed by atoms with van der Waals surface area (Å²) in [7, 11) is -4.71. The number of hydrogen-bond acceptors (Lipinski definition) is 4. The molecule has 2 rings (SSSR count). The molecule has 0 spiro atoms. The monoisotopic (exact) mass is 327 g/mol. The highest BCUT2D eigenvalue weighted by atomic mass is 35.6. The van der Waals surface area contributed by atoms with E-state index in [0.717, 1.165) is 0 Å². The summed E-state index contributed by atoms with van der Waals surface area (Å²) in [6.07, 6.45) is 0. The van der Waals surface area contributed by atoms with E-state index in [0.29, 0.717) is 0 Å². The summed E-state index contributed by atoms with van der Waals surface area (Å²) < 4.78 is 20.8. The zero-order valence-corrected chi connectivity index (χ0v) is 11.5. The molecule has 0 bridgehead atoms. The normalized spacial score (nSPS) is 16.1. The molecule has 2 amide bonds. The van der Waals surface area contributed by atoms with Crippen molar-refractivity contribution < 1.29 is 18.0 Å². The molecule has 96 valence electrons. The Morgan fingerprint density at radius 2 is 1.33 bits per heavy atom. The van der Waals surface area contributed by atoms with Gasteiger partial charge in [0.15, 0.2) is 0 Å². The largest absolute Gasteiger partial charge is 0.312 e. The predicted octanol–water partition coefficient (Wildman–Crippen LogP) is 1.94. The van der Waals surface area contributed by atoms with Crippen LogP contribution < -0.4 is 0 Å². The number of benzene rings is 1. The number of sulfonamides is 1. The quantitative estimate of drug-likeness (QED) is 0.583. The van der Waals surface area contributed by atoms with Crippen molar-refractivity contribution in [3.63, 3.8) is 0 Å². The fourth-order valence-corrected chi connectivity index (χ4v) is 2.95. The molecule has 0 N–H and O–H groups in total. The van der Waals surface area contributed by atoms with Gasteiger partial charge in [-0.15, -0.1) is 0 Å². The fourth-order valence-electron chi connectivity index (χ4n) is 1.49. The Kier molecular flexibility index (Phi) is 3.09. The second kappa shape index (κ2) is 4.09. The molecule has 9 heteroatoms. The summed E-state index contributed by atoms with van der Waals surface area (Å²) in [5.74, 6) is -2.05. The van der Waals surface area contributed by atoms with Crippen LogP contribution in [0.15, 0.2) is 24.3 Å². The number of imide groups is 1. The molecule has 0 aliphatic carbocycles. The van der Waals surface area contributed by atoms with E-state index in [1.807, 2.05) is 0 Å². The van der Waals surface area contributed by atoms with E-state index in [9.17, 15) is 18.0 Å². The van der Waals surface area contributed by atoms with Crippen molar-refractivity contribution in [1.29, 1.82) is 0 Å². The van der Waals surface area contributed by atoms with Crippen molar-refractivity contribution >= 4 is 56.6 Å². The molecular weight excluding hydrogens is 325 g/mol. The number of nitrogens with zero attached hydrogens (tertiary/aromatic N) is 1. The molecule has 1 heterocycles. The highest BCUT2D eigenvalue weighted by Gasteiger charge is 2.52. The third-order valence-corrected chi connectivity index (χ3v) is 5.44. The van der Waals surface area contributed by atoms with Crippen LogP contribution in [0.3, 0.4) is 0 Å². The molecule has 1 aliphatic heterocycles. The van der Waals surface area contributed by atoms with E-state index in [4.69, 9.17) is 34.8 Å². The molecule has 0 aromatic heterocycles. The molecule has 0 unspecified atom stereocenters. The lowest BCUT2D eigenvalue weighted by Gasteiger charge is -2.19. The van der Waals surface area contributed by atoms with Gasteiger partial charge in [-0.1, -0.05) is 46.9 Å². The van der Waals surface area contributed by atoms with Crippen LogP contribution in [0, 0.1) is 0 Å². The van der Waals surface area contributed by atoms with Crippen LogP contribution in [0.2, 0.25) is 0 Å². The van der Waals surface area contributed by atoms with Gasteiger partial charge in [-0.2, -0.15) is 4.31 Å². The Morgan fingerprint density at radius 1 is 0.944 bits per heavy atom. The number of rotatable bonds is 1. The maximum Gasteiger partial charge on any atom is 0.312 e. The fraction of sp³-hybridized carbons (Fsp3) is 0.111. The molecule has 0 fully saturated rings. The van der Waals surface area contributed by atoms with Gasteiger partial charge in [-0.25, -0.2) is 8.42 Å². The standard InChI is InChI=1S/C9H4Cl3NO4S/c10-9(11,12)18(16,17)13-7(14)5-3-1-2-4-6(5)8(13)15/h1-4H. The molecule has 18 heavy (non-hydrogen) atoms. The molecule has 1 aromatic rings. The van der Waals surface area contributed by atoms with Gasteiger partial charge in [0.1, 0.15) is 0 Å². The lowest BCUT2D eigenvalue weighted by molar-refractivity contribution is 0.0765. The molecule has 1 aromatic carbocycles. The van der Waals surface area contributed by atoms with Gasteiger partial charge in [-0.05, 0) is 12.1 Å². The number of fused-ring (bicyclic) bond motifs is 1.